The van der Waals surface area contributed by atoms with E-state index in [1.54, 1.807) is 0 Å². The van der Waals surface area contributed by atoms with E-state index in [4.69, 9.17) is 5.84 Å². The van der Waals surface area contributed by atoms with E-state index in [2.05, 4.69) is 22.9 Å². The Morgan fingerprint density at radius 2 is 2.38 bits per heavy atom. The number of nitrogens with two attached hydrogens (primary N) is 1. The van der Waals surface area contributed by atoms with E-state index in [-0.39, 0.29) is 0 Å². The fourth-order valence-corrected chi connectivity index (χ4v) is 4.52. The molecule has 3 rings (SSSR count). The standard InChI is InChI=1S/C13H20N2S/c14-15-12(13-2-1-5-16-13)8-11-7-9-3-4-10(11)6-9/h1-2,5,9-12,15H,3-4,6-8,14H2. The lowest BCUT2D eigenvalue weighted by molar-refractivity contribution is 0.281. The third-order valence-corrected chi connectivity index (χ3v) is 5.50. The van der Waals surface area contributed by atoms with Crippen molar-refractivity contribution in [2.45, 2.75) is 38.1 Å². The van der Waals surface area contributed by atoms with Crippen LogP contribution in [0.3, 0.4) is 0 Å². The molecule has 0 aromatic carbocycles. The first-order valence-electron chi connectivity index (χ1n) is 6.36. The number of thiophene rings is 1. The van der Waals surface area contributed by atoms with Gasteiger partial charge in [0.25, 0.3) is 0 Å². The zero-order chi connectivity index (χ0) is 11.0. The summed E-state index contributed by atoms with van der Waals surface area (Å²) in [6, 6.07) is 4.69. The molecule has 0 spiro atoms. The first-order valence-corrected chi connectivity index (χ1v) is 7.24. The van der Waals surface area contributed by atoms with E-state index in [1.165, 1.54) is 37.0 Å². The highest BCUT2D eigenvalue weighted by Crippen LogP contribution is 2.51. The molecule has 1 aromatic heterocycles. The van der Waals surface area contributed by atoms with Gasteiger partial charge in [0.15, 0.2) is 0 Å². The summed E-state index contributed by atoms with van der Waals surface area (Å²) in [4.78, 5) is 1.39. The molecule has 2 aliphatic carbocycles. The average molecular weight is 236 g/mol. The summed E-state index contributed by atoms with van der Waals surface area (Å²) in [6.45, 7) is 0. The molecular weight excluding hydrogens is 216 g/mol. The van der Waals surface area contributed by atoms with Crippen molar-refractivity contribution in [3.05, 3.63) is 22.4 Å². The minimum atomic E-state index is 0.379. The Kier molecular flexibility index (Phi) is 3.01. The topological polar surface area (TPSA) is 38.0 Å². The van der Waals surface area contributed by atoms with Gasteiger partial charge in [-0.2, -0.15) is 0 Å². The summed E-state index contributed by atoms with van der Waals surface area (Å²) < 4.78 is 0. The summed E-state index contributed by atoms with van der Waals surface area (Å²) in [5, 5.41) is 2.14. The lowest BCUT2D eigenvalue weighted by Gasteiger charge is -2.25. The zero-order valence-electron chi connectivity index (χ0n) is 9.56. The van der Waals surface area contributed by atoms with Crippen molar-refractivity contribution in [1.82, 2.24) is 5.43 Å². The van der Waals surface area contributed by atoms with E-state index in [1.807, 2.05) is 11.3 Å². The fraction of sp³-hybridized carbons (Fsp3) is 0.692. The molecule has 88 valence electrons. The molecule has 1 aromatic rings. The first-order chi connectivity index (χ1) is 7.86. The second-order valence-corrected chi connectivity index (χ2v) is 6.38. The van der Waals surface area contributed by atoms with E-state index in [0.29, 0.717) is 6.04 Å². The van der Waals surface area contributed by atoms with Gasteiger partial charge in [-0.3, -0.25) is 11.3 Å². The van der Waals surface area contributed by atoms with E-state index >= 15 is 0 Å². The van der Waals surface area contributed by atoms with Crippen LogP contribution in [0, 0.1) is 17.8 Å². The molecule has 2 bridgehead atoms. The molecule has 2 aliphatic rings. The molecule has 0 amide bonds. The largest absolute Gasteiger partial charge is 0.271 e. The predicted octanol–water partition coefficient (Wildman–Crippen LogP) is 3.08. The molecule has 16 heavy (non-hydrogen) atoms. The number of fused-ring (bicyclic) bond motifs is 2. The molecule has 2 fully saturated rings. The van der Waals surface area contributed by atoms with Gasteiger partial charge in [-0.1, -0.05) is 12.5 Å². The van der Waals surface area contributed by atoms with Gasteiger partial charge in [-0.05, 0) is 54.9 Å². The van der Waals surface area contributed by atoms with Gasteiger partial charge in [0.1, 0.15) is 0 Å². The lowest BCUT2D eigenvalue weighted by Crippen LogP contribution is -2.30. The number of hydrogen-bond acceptors (Lipinski definition) is 3. The summed E-state index contributed by atoms with van der Waals surface area (Å²) in [7, 11) is 0. The molecule has 0 radical (unpaired) electrons. The van der Waals surface area contributed by atoms with Crippen LogP contribution in [-0.4, -0.2) is 0 Å². The second-order valence-electron chi connectivity index (χ2n) is 5.41. The van der Waals surface area contributed by atoms with Gasteiger partial charge in [0.2, 0.25) is 0 Å². The Hall–Kier alpha value is -0.380. The predicted molar refractivity (Wildman–Crippen MR) is 67.9 cm³/mol. The third kappa shape index (κ3) is 1.92. The SMILES string of the molecule is NNC(CC1CC2CCC1C2)c1cccs1. The van der Waals surface area contributed by atoms with Crippen molar-refractivity contribution >= 4 is 11.3 Å². The minimum Gasteiger partial charge on any atom is -0.271 e. The van der Waals surface area contributed by atoms with Gasteiger partial charge < -0.3 is 0 Å². The molecule has 4 unspecified atom stereocenters. The van der Waals surface area contributed by atoms with E-state index in [9.17, 15) is 0 Å². The maximum atomic E-state index is 5.70. The Morgan fingerprint density at radius 1 is 1.44 bits per heavy atom. The monoisotopic (exact) mass is 236 g/mol. The minimum absolute atomic E-state index is 0.379. The number of rotatable bonds is 4. The molecule has 3 N–H and O–H groups in total. The maximum absolute atomic E-state index is 5.70. The molecule has 4 atom stereocenters. The quantitative estimate of drug-likeness (QED) is 0.623. The molecule has 1 heterocycles. The number of nitrogens with one attached hydrogen (secondary N) is 1. The summed E-state index contributed by atoms with van der Waals surface area (Å²) in [6.07, 6.45) is 7.14. The average Bonchev–Trinajstić information content (AvgIpc) is 3.01. The van der Waals surface area contributed by atoms with Gasteiger partial charge in [-0.25, -0.2) is 0 Å². The van der Waals surface area contributed by atoms with Crippen LogP contribution in [0.25, 0.3) is 0 Å². The van der Waals surface area contributed by atoms with Crippen LogP contribution < -0.4 is 11.3 Å². The summed E-state index contributed by atoms with van der Waals surface area (Å²) >= 11 is 1.82. The number of hydrogen-bond donors (Lipinski definition) is 2. The highest BCUT2D eigenvalue weighted by Gasteiger charge is 2.40. The van der Waals surface area contributed by atoms with Crippen LogP contribution in [0.4, 0.5) is 0 Å². The van der Waals surface area contributed by atoms with Crippen LogP contribution >= 0.6 is 11.3 Å². The molecule has 3 heteroatoms. The van der Waals surface area contributed by atoms with Gasteiger partial charge in [-0.15, -0.1) is 11.3 Å². The van der Waals surface area contributed by atoms with E-state index < -0.39 is 0 Å². The molecule has 2 nitrogen and oxygen atoms in total. The molecule has 0 saturated heterocycles. The summed E-state index contributed by atoms with van der Waals surface area (Å²) in [5.74, 6) is 8.65. The first kappa shape index (κ1) is 10.8. The lowest BCUT2D eigenvalue weighted by atomic mass is 9.84. The normalized spacial score (nSPS) is 34.4. The van der Waals surface area contributed by atoms with Crippen molar-refractivity contribution in [1.29, 1.82) is 0 Å². The van der Waals surface area contributed by atoms with Crippen molar-refractivity contribution in [3.63, 3.8) is 0 Å². The highest BCUT2D eigenvalue weighted by molar-refractivity contribution is 7.10. The smallest absolute Gasteiger partial charge is 0.0556 e. The Balaban J connectivity index is 1.65. The molecule has 0 aliphatic heterocycles. The fourth-order valence-electron chi connectivity index (χ4n) is 3.72. The van der Waals surface area contributed by atoms with Crippen LogP contribution in [0.5, 0.6) is 0 Å². The highest BCUT2D eigenvalue weighted by atomic mass is 32.1. The van der Waals surface area contributed by atoms with Crippen molar-refractivity contribution in [3.8, 4) is 0 Å². The van der Waals surface area contributed by atoms with Crippen molar-refractivity contribution < 1.29 is 0 Å². The molecule has 2 saturated carbocycles. The van der Waals surface area contributed by atoms with Crippen LogP contribution in [0.2, 0.25) is 0 Å². The van der Waals surface area contributed by atoms with Crippen LogP contribution in [0.1, 0.15) is 43.0 Å². The van der Waals surface area contributed by atoms with Crippen LogP contribution in [-0.2, 0) is 0 Å². The zero-order valence-corrected chi connectivity index (χ0v) is 10.4. The second kappa shape index (κ2) is 4.47. The maximum Gasteiger partial charge on any atom is 0.0556 e. The molecular formula is C13H20N2S. The van der Waals surface area contributed by atoms with Gasteiger partial charge in [0, 0.05) is 4.88 Å². The summed E-state index contributed by atoms with van der Waals surface area (Å²) in [5.41, 5.74) is 3.00. The van der Waals surface area contributed by atoms with Gasteiger partial charge >= 0.3 is 0 Å². The Bertz CT molecular complexity index is 336. The Morgan fingerprint density at radius 3 is 2.94 bits per heavy atom. The number of hydrazine groups is 1. The third-order valence-electron chi connectivity index (χ3n) is 4.51. The van der Waals surface area contributed by atoms with Crippen LogP contribution in [0.15, 0.2) is 17.5 Å². The van der Waals surface area contributed by atoms with Crippen molar-refractivity contribution in [2.24, 2.45) is 23.6 Å². The van der Waals surface area contributed by atoms with E-state index in [0.717, 1.165) is 17.8 Å². The van der Waals surface area contributed by atoms with Crippen molar-refractivity contribution in [2.75, 3.05) is 0 Å². The Labute approximate surface area is 101 Å². The van der Waals surface area contributed by atoms with Gasteiger partial charge in [0.05, 0.1) is 6.04 Å².